The van der Waals surface area contributed by atoms with Gasteiger partial charge in [0.1, 0.15) is 17.1 Å². The number of carbonyl (C=O) groups excluding carboxylic acids is 1. The molecule has 154 valence electrons. The van der Waals surface area contributed by atoms with Crippen molar-refractivity contribution in [3.63, 3.8) is 0 Å². The number of halogens is 1. The molecule has 0 aliphatic carbocycles. The molecule has 0 unspecified atom stereocenters. The summed E-state index contributed by atoms with van der Waals surface area (Å²) in [6, 6.07) is 13.8. The van der Waals surface area contributed by atoms with Crippen LogP contribution in [0.2, 0.25) is 0 Å². The van der Waals surface area contributed by atoms with Crippen LogP contribution < -0.4 is 10.2 Å². The lowest BCUT2D eigenvalue weighted by Crippen LogP contribution is -2.29. The Morgan fingerprint density at radius 3 is 2.77 bits per heavy atom. The Kier molecular flexibility index (Phi) is 4.51. The summed E-state index contributed by atoms with van der Waals surface area (Å²) in [5.74, 6) is -0.388. The van der Waals surface area contributed by atoms with Crippen LogP contribution in [0.5, 0.6) is 5.75 Å². The maximum Gasteiger partial charge on any atom is 0.291 e. The van der Waals surface area contributed by atoms with Gasteiger partial charge in [0.2, 0.25) is 5.76 Å². The SMILES string of the molecule is COc1cccc([C@H]2c3c(oc4ccc(F)cc4c3=O)C(=O)N2Cc2cccnc2)c1. The second kappa shape index (κ2) is 7.36. The van der Waals surface area contributed by atoms with E-state index in [9.17, 15) is 14.0 Å². The van der Waals surface area contributed by atoms with E-state index in [2.05, 4.69) is 4.98 Å². The van der Waals surface area contributed by atoms with Gasteiger partial charge in [0.25, 0.3) is 5.91 Å². The lowest BCUT2D eigenvalue weighted by Gasteiger charge is -2.25. The summed E-state index contributed by atoms with van der Waals surface area (Å²) >= 11 is 0. The van der Waals surface area contributed by atoms with E-state index in [1.807, 2.05) is 12.1 Å². The highest BCUT2D eigenvalue weighted by Gasteiger charge is 2.42. The van der Waals surface area contributed by atoms with Crippen molar-refractivity contribution in [2.45, 2.75) is 12.6 Å². The Morgan fingerprint density at radius 2 is 2.00 bits per heavy atom. The van der Waals surface area contributed by atoms with E-state index >= 15 is 0 Å². The van der Waals surface area contributed by atoms with Gasteiger partial charge in [-0.05, 0) is 47.5 Å². The van der Waals surface area contributed by atoms with Gasteiger partial charge in [0, 0.05) is 18.9 Å². The van der Waals surface area contributed by atoms with Crippen molar-refractivity contribution in [1.82, 2.24) is 9.88 Å². The first kappa shape index (κ1) is 19.0. The zero-order valence-electron chi connectivity index (χ0n) is 16.5. The number of carbonyl (C=O) groups is 1. The quantitative estimate of drug-likeness (QED) is 0.501. The molecule has 4 aromatic rings. The van der Waals surface area contributed by atoms with Gasteiger partial charge < -0.3 is 14.1 Å². The van der Waals surface area contributed by atoms with E-state index < -0.39 is 23.2 Å². The number of nitrogens with zero attached hydrogens (tertiary/aromatic N) is 2. The van der Waals surface area contributed by atoms with Gasteiger partial charge in [0.05, 0.1) is 24.1 Å². The molecular formula is C24H17FN2O4. The summed E-state index contributed by atoms with van der Waals surface area (Å²) < 4.78 is 25.0. The zero-order chi connectivity index (χ0) is 21.5. The molecule has 0 N–H and O–H groups in total. The summed E-state index contributed by atoms with van der Waals surface area (Å²) in [5.41, 5.74) is 1.44. The molecule has 0 saturated carbocycles. The number of amides is 1. The van der Waals surface area contributed by atoms with E-state index in [1.165, 1.54) is 12.1 Å². The smallest absolute Gasteiger partial charge is 0.291 e. The van der Waals surface area contributed by atoms with E-state index in [0.29, 0.717) is 11.3 Å². The van der Waals surface area contributed by atoms with Crippen LogP contribution in [0.25, 0.3) is 11.0 Å². The number of hydrogen-bond donors (Lipinski definition) is 0. The molecular weight excluding hydrogens is 399 g/mol. The normalized spacial score (nSPS) is 15.4. The Balaban J connectivity index is 1.75. The van der Waals surface area contributed by atoms with E-state index in [-0.39, 0.29) is 28.8 Å². The number of methoxy groups -OCH3 is 1. The van der Waals surface area contributed by atoms with Crippen molar-refractivity contribution >= 4 is 16.9 Å². The fraction of sp³-hybridized carbons (Fsp3) is 0.125. The summed E-state index contributed by atoms with van der Waals surface area (Å²) in [6.07, 6.45) is 3.32. The lowest BCUT2D eigenvalue weighted by atomic mass is 9.98. The van der Waals surface area contributed by atoms with Crippen molar-refractivity contribution < 1.29 is 18.3 Å². The van der Waals surface area contributed by atoms with Crippen LogP contribution in [0, 0.1) is 5.82 Å². The second-order valence-electron chi connectivity index (χ2n) is 7.29. The van der Waals surface area contributed by atoms with Crippen LogP contribution in [0.1, 0.15) is 33.3 Å². The minimum atomic E-state index is -0.707. The first-order valence-electron chi connectivity index (χ1n) is 9.67. The Hall–Kier alpha value is -4.00. The topological polar surface area (TPSA) is 72.6 Å². The summed E-state index contributed by atoms with van der Waals surface area (Å²) in [4.78, 5) is 32.5. The third-order valence-electron chi connectivity index (χ3n) is 5.41. The fourth-order valence-corrected chi connectivity index (χ4v) is 4.00. The zero-order valence-corrected chi connectivity index (χ0v) is 16.5. The fourth-order valence-electron chi connectivity index (χ4n) is 4.00. The molecule has 6 nitrogen and oxygen atoms in total. The average Bonchev–Trinajstić information content (AvgIpc) is 3.07. The molecule has 0 fully saturated rings. The maximum absolute atomic E-state index is 13.8. The number of benzene rings is 2. The molecule has 1 aliphatic heterocycles. The van der Waals surface area contributed by atoms with Gasteiger partial charge in [-0.3, -0.25) is 14.6 Å². The first-order valence-corrected chi connectivity index (χ1v) is 9.67. The minimum absolute atomic E-state index is 0.0270. The second-order valence-corrected chi connectivity index (χ2v) is 7.29. The molecule has 0 bridgehead atoms. The summed E-state index contributed by atoms with van der Waals surface area (Å²) in [6.45, 7) is 0.225. The maximum atomic E-state index is 13.8. The minimum Gasteiger partial charge on any atom is -0.497 e. The van der Waals surface area contributed by atoms with Gasteiger partial charge in [-0.15, -0.1) is 0 Å². The highest BCUT2D eigenvalue weighted by molar-refractivity contribution is 5.99. The van der Waals surface area contributed by atoms with Crippen LogP contribution in [-0.2, 0) is 6.54 Å². The largest absolute Gasteiger partial charge is 0.497 e. The third-order valence-corrected chi connectivity index (χ3v) is 5.41. The van der Waals surface area contributed by atoms with Gasteiger partial charge in [-0.2, -0.15) is 0 Å². The Labute approximate surface area is 176 Å². The number of hydrogen-bond acceptors (Lipinski definition) is 5. The molecule has 31 heavy (non-hydrogen) atoms. The van der Waals surface area contributed by atoms with E-state index in [1.54, 1.807) is 48.7 Å². The van der Waals surface area contributed by atoms with Crippen molar-refractivity contribution in [2.24, 2.45) is 0 Å². The number of aromatic nitrogens is 1. The molecule has 7 heteroatoms. The Bertz CT molecular complexity index is 1370. The monoisotopic (exact) mass is 416 g/mol. The van der Waals surface area contributed by atoms with Gasteiger partial charge in [-0.1, -0.05) is 18.2 Å². The molecule has 0 radical (unpaired) electrons. The van der Waals surface area contributed by atoms with E-state index in [4.69, 9.17) is 9.15 Å². The molecule has 2 aromatic heterocycles. The highest BCUT2D eigenvalue weighted by Crippen LogP contribution is 2.39. The van der Waals surface area contributed by atoms with Crippen LogP contribution in [0.15, 0.2) is 76.2 Å². The van der Waals surface area contributed by atoms with Gasteiger partial charge in [0.15, 0.2) is 5.43 Å². The molecule has 1 amide bonds. The third kappa shape index (κ3) is 3.15. The summed E-state index contributed by atoms with van der Waals surface area (Å²) in [5, 5.41) is 0.0997. The number of pyridine rings is 1. The van der Waals surface area contributed by atoms with Crippen LogP contribution >= 0.6 is 0 Å². The lowest BCUT2D eigenvalue weighted by molar-refractivity contribution is 0.0714. The average molecular weight is 416 g/mol. The van der Waals surface area contributed by atoms with Crippen LogP contribution in [0.4, 0.5) is 4.39 Å². The molecule has 0 spiro atoms. The van der Waals surface area contributed by atoms with E-state index in [0.717, 1.165) is 11.6 Å². The molecule has 5 rings (SSSR count). The predicted octanol–water partition coefficient (Wildman–Crippen LogP) is 4.08. The van der Waals surface area contributed by atoms with Crippen molar-refractivity contribution in [3.05, 3.63) is 105 Å². The van der Waals surface area contributed by atoms with Gasteiger partial charge >= 0.3 is 0 Å². The standard InChI is InChI=1S/C24H17FN2O4/c1-30-17-6-2-5-15(10-17)21-20-22(28)18-11-16(25)7-8-19(18)31-23(20)24(29)27(21)13-14-4-3-9-26-12-14/h2-12,21H,13H2,1H3/t21-/m0/s1. The Morgan fingerprint density at radius 1 is 1.13 bits per heavy atom. The van der Waals surface area contributed by atoms with Gasteiger partial charge in [-0.25, -0.2) is 4.39 Å². The number of fused-ring (bicyclic) bond motifs is 2. The molecule has 0 saturated heterocycles. The molecule has 3 heterocycles. The predicted molar refractivity (Wildman–Crippen MR) is 111 cm³/mol. The molecule has 1 atom stereocenters. The molecule has 1 aliphatic rings. The van der Waals surface area contributed by atoms with Crippen LogP contribution in [0.3, 0.4) is 0 Å². The molecule has 2 aromatic carbocycles. The van der Waals surface area contributed by atoms with Crippen LogP contribution in [-0.4, -0.2) is 22.9 Å². The summed E-state index contributed by atoms with van der Waals surface area (Å²) in [7, 11) is 1.55. The first-order chi connectivity index (χ1) is 15.1. The van der Waals surface area contributed by atoms with Crippen molar-refractivity contribution in [1.29, 1.82) is 0 Å². The van der Waals surface area contributed by atoms with Crippen molar-refractivity contribution in [2.75, 3.05) is 7.11 Å². The van der Waals surface area contributed by atoms with Crippen molar-refractivity contribution in [3.8, 4) is 5.75 Å². The highest BCUT2D eigenvalue weighted by atomic mass is 19.1. The number of rotatable bonds is 4. The number of ether oxygens (including phenoxy) is 1.